The van der Waals surface area contributed by atoms with E-state index in [4.69, 9.17) is 6.42 Å². The van der Waals surface area contributed by atoms with Gasteiger partial charge in [-0.25, -0.2) is 0 Å². The molecule has 0 bridgehead atoms. The Bertz CT molecular complexity index is 164. The Morgan fingerprint density at radius 3 is 2.46 bits per heavy atom. The lowest BCUT2D eigenvalue weighted by Gasteiger charge is -1.98. The zero-order valence-electron chi connectivity index (χ0n) is 8.64. The number of hydrogen-bond donors (Lipinski definition) is 0. The first-order valence-corrected chi connectivity index (χ1v) is 5.26. The van der Waals surface area contributed by atoms with Crippen molar-refractivity contribution in [1.29, 1.82) is 0 Å². The summed E-state index contributed by atoms with van der Waals surface area (Å²) in [6, 6.07) is 0. The van der Waals surface area contributed by atoms with E-state index in [-0.39, 0.29) is 0 Å². The van der Waals surface area contributed by atoms with Gasteiger partial charge in [0, 0.05) is 19.3 Å². The van der Waals surface area contributed by atoms with Crippen LogP contribution in [0.2, 0.25) is 0 Å². The summed E-state index contributed by atoms with van der Waals surface area (Å²) in [4.78, 5) is 11.2. The fourth-order valence-electron chi connectivity index (χ4n) is 1.26. The molecule has 0 unspecified atom stereocenters. The fraction of sp³-hybridized carbons (Fsp3) is 0.750. The second-order valence-electron chi connectivity index (χ2n) is 3.41. The fourth-order valence-corrected chi connectivity index (χ4v) is 1.26. The Hall–Kier alpha value is -0.770. The van der Waals surface area contributed by atoms with Crippen molar-refractivity contribution in [2.75, 3.05) is 0 Å². The van der Waals surface area contributed by atoms with Gasteiger partial charge in [0.05, 0.1) is 0 Å². The predicted octanol–water partition coefficient (Wildman–Crippen LogP) is 3.33. The van der Waals surface area contributed by atoms with Crippen LogP contribution in [-0.2, 0) is 4.79 Å². The van der Waals surface area contributed by atoms with Crippen LogP contribution in [0, 0.1) is 12.3 Å². The highest BCUT2D eigenvalue weighted by Crippen LogP contribution is 2.06. The Labute approximate surface area is 81.9 Å². The maximum atomic E-state index is 11.2. The van der Waals surface area contributed by atoms with Gasteiger partial charge in [-0.1, -0.05) is 26.2 Å². The molecular formula is C12H20O. The molecule has 0 radical (unpaired) electrons. The first-order valence-electron chi connectivity index (χ1n) is 5.26. The number of terminal acetylenes is 1. The van der Waals surface area contributed by atoms with E-state index in [1.807, 2.05) is 0 Å². The number of hydrogen-bond acceptors (Lipinski definition) is 1. The van der Waals surface area contributed by atoms with Crippen LogP contribution in [0.3, 0.4) is 0 Å². The molecule has 0 aliphatic carbocycles. The Morgan fingerprint density at radius 2 is 1.85 bits per heavy atom. The normalized spacial score (nSPS) is 9.54. The molecule has 1 nitrogen and oxygen atoms in total. The molecule has 0 heterocycles. The summed E-state index contributed by atoms with van der Waals surface area (Å²) >= 11 is 0. The Balaban J connectivity index is 3.16. The number of Topliss-reactive ketones (excluding diaryl/α,β-unsaturated/α-hetero) is 1. The van der Waals surface area contributed by atoms with Crippen molar-refractivity contribution >= 4 is 5.78 Å². The Kier molecular flexibility index (Phi) is 8.77. The van der Waals surface area contributed by atoms with Gasteiger partial charge >= 0.3 is 0 Å². The van der Waals surface area contributed by atoms with Crippen molar-refractivity contribution in [3.63, 3.8) is 0 Å². The largest absolute Gasteiger partial charge is 0.300 e. The van der Waals surface area contributed by atoms with Crippen LogP contribution in [-0.4, -0.2) is 5.78 Å². The summed E-state index contributed by atoms with van der Waals surface area (Å²) < 4.78 is 0. The molecule has 1 heteroatoms. The molecule has 0 fully saturated rings. The number of unbranched alkanes of at least 4 members (excludes halogenated alkanes) is 4. The molecule has 0 aromatic rings. The molecule has 0 amide bonds. The predicted molar refractivity (Wildman–Crippen MR) is 56.5 cm³/mol. The maximum absolute atomic E-state index is 11.2. The van der Waals surface area contributed by atoms with Crippen molar-refractivity contribution in [3.8, 4) is 12.3 Å². The molecule has 0 aromatic heterocycles. The van der Waals surface area contributed by atoms with Gasteiger partial charge in [0.15, 0.2) is 0 Å². The van der Waals surface area contributed by atoms with Crippen LogP contribution in [0.15, 0.2) is 0 Å². The molecule has 0 saturated carbocycles. The zero-order chi connectivity index (χ0) is 9.94. The number of carbonyl (C=O) groups is 1. The molecular weight excluding hydrogens is 160 g/mol. The van der Waals surface area contributed by atoms with Crippen molar-refractivity contribution in [2.24, 2.45) is 0 Å². The van der Waals surface area contributed by atoms with Crippen molar-refractivity contribution in [1.82, 2.24) is 0 Å². The lowest BCUT2D eigenvalue weighted by atomic mass is 10.1. The van der Waals surface area contributed by atoms with Crippen LogP contribution in [0.25, 0.3) is 0 Å². The van der Waals surface area contributed by atoms with Gasteiger partial charge < -0.3 is 0 Å². The molecule has 0 rings (SSSR count). The first kappa shape index (κ1) is 12.2. The summed E-state index contributed by atoms with van der Waals surface area (Å²) in [5.41, 5.74) is 0. The molecule has 0 N–H and O–H groups in total. The second kappa shape index (κ2) is 9.32. The maximum Gasteiger partial charge on any atom is 0.132 e. The SMILES string of the molecule is C#CCCCC(=O)CCCCCC. The lowest BCUT2D eigenvalue weighted by Crippen LogP contribution is -1.97. The first-order chi connectivity index (χ1) is 6.31. The highest BCUT2D eigenvalue weighted by Gasteiger charge is 2.00. The van der Waals surface area contributed by atoms with E-state index in [0.29, 0.717) is 12.2 Å². The van der Waals surface area contributed by atoms with Gasteiger partial charge in [-0.15, -0.1) is 12.3 Å². The number of carbonyl (C=O) groups excluding carboxylic acids is 1. The summed E-state index contributed by atoms with van der Waals surface area (Å²) in [5, 5.41) is 0. The van der Waals surface area contributed by atoms with E-state index in [1.165, 1.54) is 19.3 Å². The topological polar surface area (TPSA) is 17.1 Å². The third-order valence-corrected chi connectivity index (χ3v) is 2.09. The third kappa shape index (κ3) is 9.14. The quantitative estimate of drug-likeness (QED) is 0.413. The minimum atomic E-state index is 0.381. The zero-order valence-corrected chi connectivity index (χ0v) is 8.64. The highest BCUT2D eigenvalue weighted by atomic mass is 16.1. The van der Waals surface area contributed by atoms with Crippen LogP contribution < -0.4 is 0 Å². The number of rotatable bonds is 8. The summed E-state index contributed by atoms with van der Waals surface area (Å²) in [6.07, 6.45) is 12.9. The molecule has 0 saturated heterocycles. The van der Waals surface area contributed by atoms with E-state index in [2.05, 4.69) is 12.8 Å². The minimum absolute atomic E-state index is 0.381. The van der Waals surface area contributed by atoms with Crippen LogP contribution in [0.4, 0.5) is 0 Å². The van der Waals surface area contributed by atoms with E-state index in [1.54, 1.807) is 0 Å². The minimum Gasteiger partial charge on any atom is -0.300 e. The van der Waals surface area contributed by atoms with E-state index >= 15 is 0 Å². The van der Waals surface area contributed by atoms with Gasteiger partial charge in [-0.3, -0.25) is 4.79 Å². The highest BCUT2D eigenvalue weighted by molar-refractivity contribution is 5.78. The van der Waals surface area contributed by atoms with Gasteiger partial charge in [0.25, 0.3) is 0 Å². The van der Waals surface area contributed by atoms with Crippen molar-refractivity contribution in [3.05, 3.63) is 0 Å². The van der Waals surface area contributed by atoms with Crippen LogP contribution in [0.1, 0.15) is 58.3 Å². The van der Waals surface area contributed by atoms with E-state index < -0.39 is 0 Å². The van der Waals surface area contributed by atoms with Crippen LogP contribution in [0.5, 0.6) is 0 Å². The molecule has 13 heavy (non-hydrogen) atoms. The average Bonchev–Trinajstić information content (AvgIpc) is 2.13. The van der Waals surface area contributed by atoms with Gasteiger partial charge in [-0.2, -0.15) is 0 Å². The number of ketones is 1. The van der Waals surface area contributed by atoms with Gasteiger partial charge in [-0.05, 0) is 12.8 Å². The van der Waals surface area contributed by atoms with E-state index in [0.717, 1.165) is 25.7 Å². The standard InChI is InChI=1S/C12H20O/c1-3-5-7-9-11-12(13)10-8-6-4-2/h2H,3,5-11H2,1H3. The third-order valence-electron chi connectivity index (χ3n) is 2.09. The average molecular weight is 180 g/mol. The molecule has 0 aliphatic heterocycles. The molecule has 0 spiro atoms. The Morgan fingerprint density at radius 1 is 1.15 bits per heavy atom. The van der Waals surface area contributed by atoms with Crippen molar-refractivity contribution < 1.29 is 4.79 Å². The van der Waals surface area contributed by atoms with Crippen LogP contribution >= 0.6 is 0 Å². The molecule has 0 atom stereocenters. The van der Waals surface area contributed by atoms with E-state index in [9.17, 15) is 4.79 Å². The monoisotopic (exact) mass is 180 g/mol. The summed E-state index contributed by atoms with van der Waals surface area (Å²) in [5.74, 6) is 2.93. The second-order valence-corrected chi connectivity index (χ2v) is 3.41. The lowest BCUT2D eigenvalue weighted by molar-refractivity contribution is -0.119. The summed E-state index contributed by atoms with van der Waals surface area (Å²) in [6.45, 7) is 2.18. The van der Waals surface area contributed by atoms with Crippen molar-refractivity contribution in [2.45, 2.75) is 58.3 Å². The van der Waals surface area contributed by atoms with Gasteiger partial charge in [0.2, 0.25) is 0 Å². The molecule has 0 aliphatic rings. The summed E-state index contributed by atoms with van der Waals surface area (Å²) in [7, 11) is 0. The molecule has 0 aromatic carbocycles. The van der Waals surface area contributed by atoms with Gasteiger partial charge in [0.1, 0.15) is 5.78 Å². The smallest absolute Gasteiger partial charge is 0.132 e. The molecule has 74 valence electrons.